The van der Waals surface area contributed by atoms with E-state index in [1.165, 1.54) is 6.42 Å². The Labute approximate surface area is 93.0 Å². The minimum atomic E-state index is 0.321. The lowest BCUT2D eigenvalue weighted by Gasteiger charge is -2.26. The first-order chi connectivity index (χ1) is 7.33. The van der Waals surface area contributed by atoms with E-state index in [2.05, 4.69) is 0 Å². The van der Waals surface area contributed by atoms with Crippen LogP contribution in [-0.4, -0.2) is 30.5 Å². The second-order valence-corrected chi connectivity index (χ2v) is 4.55. The van der Waals surface area contributed by atoms with E-state index in [-0.39, 0.29) is 0 Å². The summed E-state index contributed by atoms with van der Waals surface area (Å²) in [7, 11) is 0. The molecule has 1 fully saturated rings. The zero-order chi connectivity index (χ0) is 10.9. The monoisotopic (exact) mass is 215 g/mol. The zero-order valence-corrected chi connectivity index (χ0v) is 9.66. The second-order valence-electron chi connectivity index (χ2n) is 4.55. The number of ether oxygens (including phenoxy) is 1. The molecule has 90 valence electrons. The van der Waals surface area contributed by atoms with Gasteiger partial charge >= 0.3 is 0 Å². The summed E-state index contributed by atoms with van der Waals surface area (Å²) >= 11 is 0. The average molecular weight is 215 g/mol. The van der Waals surface area contributed by atoms with Crippen molar-refractivity contribution >= 4 is 0 Å². The molecule has 15 heavy (non-hydrogen) atoms. The van der Waals surface area contributed by atoms with E-state index < -0.39 is 0 Å². The summed E-state index contributed by atoms with van der Waals surface area (Å²) < 4.78 is 5.79. The number of nitrogens with two attached hydrogens (primary N) is 1. The molecule has 0 saturated heterocycles. The minimum Gasteiger partial charge on any atom is -0.396 e. The van der Waals surface area contributed by atoms with Crippen LogP contribution >= 0.6 is 0 Å². The lowest BCUT2D eigenvalue weighted by molar-refractivity contribution is 0.0230. The van der Waals surface area contributed by atoms with Crippen LogP contribution in [0, 0.1) is 0 Å². The van der Waals surface area contributed by atoms with Crippen molar-refractivity contribution < 1.29 is 9.84 Å². The van der Waals surface area contributed by atoms with Gasteiger partial charge in [0.2, 0.25) is 0 Å². The topological polar surface area (TPSA) is 55.5 Å². The second kappa shape index (κ2) is 8.08. The van der Waals surface area contributed by atoms with Gasteiger partial charge in [0.05, 0.1) is 6.10 Å². The molecule has 1 saturated carbocycles. The molecular formula is C12H25NO2. The molecule has 0 bridgehead atoms. The lowest BCUT2D eigenvalue weighted by atomic mass is 9.94. The van der Waals surface area contributed by atoms with Gasteiger partial charge in [-0.3, -0.25) is 0 Å². The first-order valence-corrected chi connectivity index (χ1v) is 6.31. The summed E-state index contributed by atoms with van der Waals surface area (Å²) in [4.78, 5) is 0. The number of aliphatic hydroxyl groups excluding tert-OH is 1. The van der Waals surface area contributed by atoms with Crippen molar-refractivity contribution in [3.8, 4) is 0 Å². The maximum Gasteiger partial charge on any atom is 0.0576 e. The van der Waals surface area contributed by atoms with Crippen LogP contribution < -0.4 is 5.73 Å². The highest BCUT2D eigenvalue weighted by molar-refractivity contribution is 4.74. The first-order valence-electron chi connectivity index (χ1n) is 6.31. The maximum atomic E-state index is 8.61. The van der Waals surface area contributed by atoms with E-state index in [1.807, 2.05) is 0 Å². The van der Waals surface area contributed by atoms with Crippen LogP contribution in [0.15, 0.2) is 0 Å². The highest BCUT2D eigenvalue weighted by Crippen LogP contribution is 2.20. The Morgan fingerprint density at radius 2 is 1.67 bits per heavy atom. The Bertz CT molecular complexity index is 145. The van der Waals surface area contributed by atoms with Crippen molar-refractivity contribution in [2.45, 2.75) is 63.5 Å². The predicted molar refractivity (Wildman–Crippen MR) is 61.7 cm³/mol. The zero-order valence-electron chi connectivity index (χ0n) is 9.66. The Morgan fingerprint density at radius 3 is 2.33 bits per heavy atom. The molecule has 0 atom stereocenters. The van der Waals surface area contributed by atoms with E-state index in [1.54, 1.807) is 0 Å². The number of hydrogen-bond acceptors (Lipinski definition) is 3. The van der Waals surface area contributed by atoms with Crippen molar-refractivity contribution in [2.75, 3.05) is 13.2 Å². The number of unbranched alkanes of at least 4 members (excludes halogenated alkanes) is 3. The van der Waals surface area contributed by atoms with Gasteiger partial charge < -0.3 is 15.6 Å². The molecule has 1 aliphatic carbocycles. The van der Waals surface area contributed by atoms with Gasteiger partial charge in [0.15, 0.2) is 0 Å². The van der Waals surface area contributed by atoms with Crippen LogP contribution in [0.1, 0.15) is 51.4 Å². The van der Waals surface area contributed by atoms with E-state index in [9.17, 15) is 0 Å². The van der Waals surface area contributed by atoms with E-state index >= 15 is 0 Å². The normalized spacial score (nSPS) is 26.8. The highest BCUT2D eigenvalue weighted by Gasteiger charge is 2.18. The third kappa shape index (κ3) is 6.13. The van der Waals surface area contributed by atoms with Gasteiger partial charge in [-0.2, -0.15) is 0 Å². The maximum absolute atomic E-state index is 8.61. The number of aliphatic hydroxyl groups is 1. The van der Waals surface area contributed by atoms with Crippen molar-refractivity contribution in [3.05, 3.63) is 0 Å². The van der Waals surface area contributed by atoms with Crippen LogP contribution in [0.3, 0.4) is 0 Å². The quantitative estimate of drug-likeness (QED) is 0.637. The Hall–Kier alpha value is -0.120. The van der Waals surface area contributed by atoms with Gasteiger partial charge in [-0.1, -0.05) is 12.8 Å². The van der Waals surface area contributed by atoms with Crippen molar-refractivity contribution in [3.63, 3.8) is 0 Å². The first kappa shape index (κ1) is 12.9. The molecule has 3 nitrogen and oxygen atoms in total. The summed E-state index contributed by atoms with van der Waals surface area (Å²) in [5.41, 5.74) is 5.83. The van der Waals surface area contributed by atoms with Gasteiger partial charge in [-0.05, 0) is 38.5 Å². The molecule has 0 spiro atoms. The third-order valence-corrected chi connectivity index (χ3v) is 3.12. The molecule has 0 aromatic rings. The Kier molecular flexibility index (Phi) is 6.98. The fraction of sp³-hybridized carbons (Fsp3) is 1.00. The van der Waals surface area contributed by atoms with Gasteiger partial charge in [0.25, 0.3) is 0 Å². The summed E-state index contributed by atoms with van der Waals surface area (Å²) in [6.45, 7) is 1.20. The van der Waals surface area contributed by atoms with Crippen LogP contribution in [0.25, 0.3) is 0 Å². The molecule has 0 amide bonds. The van der Waals surface area contributed by atoms with E-state index in [0.717, 1.165) is 51.6 Å². The average Bonchev–Trinajstić information content (AvgIpc) is 2.26. The van der Waals surface area contributed by atoms with Gasteiger partial charge in [0.1, 0.15) is 0 Å². The Morgan fingerprint density at radius 1 is 1.00 bits per heavy atom. The number of rotatable bonds is 7. The highest BCUT2D eigenvalue weighted by atomic mass is 16.5. The molecule has 0 aromatic heterocycles. The molecule has 0 unspecified atom stereocenters. The van der Waals surface area contributed by atoms with Crippen LogP contribution in [0.4, 0.5) is 0 Å². The summed E-state index contributed by atoms with van der Waals surface area (Å²) in [5, 5.41) is 8.61. The molecule has 1 aliphatic rings. The SMILES string of the molecule is NC1CCC(OCCCCCCO)CC1. The molecule has 0 radical (unpaired) electrons. The minimum absolute atomic E-state index is 0.321. The summed E-state index contributed by atoms with van der Waals surface area (Å²) in [6, 6.07) is 0.411. The molecule has 3 N–H and O–H groups in total. The van der Waals surface area contributed by atoms with Crippen molar-refractivity contribution in [1.82, 2.24) is 0 Å². The fourth-order valence-corrected chi connectivity index (χ4v) is 2.07. The van der Waals surface area contributed by atoms with E-state index in [4.69, 9.17) is 15.6 Å². The van der Waals surface area contributed by atoms with Crippen LogP contribution in [0.5, 0.6) is 0 Å². The fourth-order valence-electron chi connectivity index (χ4n) is 2.07. The lowest BCUT2D eigenvalue weighted by Crippen LogP contribution is -2.30. The van der Waals surface area contributed by atoms with Crippen molar-refractivity contribution in [1.29, 1.82) is 0 Å². The third-order valence-electron chi connectivity index (χ3n) is 3.12. The summed E-state index contributed by atoms with van der Waals surface area (Å²) in [6.07, 6.45) is 9.32. The van der Waals surface area contributed by atoms with Gasteiger partial charge in [0, 0.05) is 19.3 Å². The van der Waals surface area contributed by atoms with Gasteiger partial charge in [-0.25, -0.2) is 0 Å². The predicted octanol–water partition coefficient (Wildman–Crippen LogP) is 1.83. The number of hydrogen-bond donors (Lipinski definition) is 2. The standard InChI is InChI=1S/C12H25NO2/c13-11-5-7-12(8-6-11)15-10-4-2-1-3-9-14/h11-12,14H,1-10,13H2. The molecule has 1 rings (SSSR count). The van der Waals surface area contributed by atoms with Crippen LogP contribution in [-0.2, 0) is 4.74 Å². The smallest absolute Gasteiger partial charge is 0.0576 e. The molecule has 0 aromatic carbocycles. The largest absolute Gasteiger partial charge is 0.396 e. The van der Waals surface area contributed by atoms with Crippen molar-refractivity contribution in [2.24, 2.45) is 5.73 Å². The Balaban J connectivity index is 1.87. The summed E-state index contributed by atoms with van der Waals surface area (Å²) in [5.74, 6) is 0. The molecule has 0 aliphatic heterocycles. The van der Waals surface area contributed by atoms with E-state index in [0.29, 0.717) is 18.8 Å². The van der Waals surface area contributed by atoms with Crippen LogP contribution in [0.2, 0.25) is 0 Å². The molecule has 0 heterocycles. The molecule has 3 heteroatoms. The molecular weight excluding hydrogens is 190 g/mol. The van der Waals surface area contributed by atoms with Gasteiger partial charge in [-0.15, -0.1) is 0 Å².